The van der Waals surface area contributed by atoms with Gasteiger partial charge in [-0.1, -0.05) is 11.6 Å². The summed E-state index contributed by atoms with van der Waals surface area (Å²) in [7, 11) is 0. The van der Waals surface area contributed by atoms with Crippen LogP contribution >= 0.6 is 23.2 Å². The lowest BCUT2D eigenvalue weighted by Crippen LogP contribution is -1.78. The van der Waals surface area contributed by atoms with Crippen LogP contribution in [0.5, 0.6) is 0 Å². The second kappa shape index (κ2) is 2.29. The molecule has 41 valence electrons. The highest BCUT2D eigenvalue weighted by Gasteiger charge is 1.88. The summed E-state index contributed by atoms with van der Waals surface area (Å²) < 4.78 is 0. The van der Waals surface area contributed by atoms with Crippen molar-refractivity contribution in [1.82, 2.24) is 9.97 Å². The molecule has 1 aromatic heterocycles. The van der Waals surface area contributed by atoms with E-state index < -0.39 is 0 Å². The molecule has 0 spiro atoms. The van der Waals surface area contributed by atoms with E-state index in [1.54, 1.807) is 0 Å². The Morgan fingerprint density at radius 2 is 2.25 bits per heavy atom. The van der Waals surface area contributed by atoms with Crippen molar-refractivity contribution >= 4 is 23.2 Å². The van der Waals surface area contributed by atoms with E-state index in [0.717, 1.165) is 0 Å². The minimum atomic E-state index is 0.147. The Bertz CT molecular complexity index is 172. The van der Waals surface area contributed by atoms with Gasteiger partial charge in [0.25, 0.3) is 0 Å². The molecular weight excluding hydrogens is 147 g/mol. The third-order valence-electron chi connectivity index (χ3n) is 0.545. The number of aromatic nitrogens is 2. The molecule has 4 heteroatoms. The van der Waals surface area contributed by atoms with Gasteiger partial charge in [-0.2, -0.15) is 0 Å². The van der Waals surface area contributed by atoms with Crippen LogP contribution in [0.25, 0.3) is 0 Å². The van der Waals surface area contributed by atoms with E-state index in [-0.39, 0.29) is 10.4 Å². The molecule has 0 bridgehead atoms. The Morgan fingerprint density at radius 3 is 2.62 bits per heavy atom. The molecule has 1 aromatic rings. The number of rotatable bonds is 0. The maximum Gasteiger partial charge on any atom is 0.223 e. The number of nitrogens with zero attached hydrogens (tertiary/aromatic N) is 2. The Kier molecular flexibility index (Phi) is 1.65. The van der Waals surface area contributed by atoms with Gasteiger partial charge in [0.15, 0.2) is 0 Å². The summed E-state index contributed by atoms with van der Waals surface area (Å²) in [5.41, 5.74) is 0. The topological polar surface area (TPSA) is 25.8 Å². The van der Waals surface area contributed by atoms with Crippen LogP contribution in [0.15, 0.2) is 6.20 Å². The third kappa shape index (κ3) is 1.32. The van der Waals surface area contributed by atoms with Crippen molar-refractivity contribution < 1.29 is 0 Å². The van der Waals surface area contributed by atoms with Gasteiger partial charge >= 0.3 is 0 Å². The Balaban J connectivity index is 3.08. The first-order valence-electron chi connectivity index (χ1n) is 1.85. The predicted octanol–water partition coefficient (Wildman–Crippen LogP) is 1.58. The monoisotopic (exact) mass is 147 g/mol. The van der Waals surface area contributed by atoms with Crippen molar-refractivity contribution in [3.8, 4) is 0 Å². The zero-order valence-electron chi connectivity index (χ0n) is 3.73. The van der Waals surface area contributed by atoms with Gasteiger partial charge in [-0.25, -0.2) is 9.97 Å². The minimum absolute atomic E-state index is 0.147. The molecular formula is C4HCl2N2. The van der Waals surface area contributed by atoms with Crippen molar-refractivity contribution in [3.05, 3.63) is 22.7 Å². The number of halogens is 2. The number of hydrogen-bond donors (Lipinski definition) is 0. The molecule has 2 nitrogen and oxygen atoms in total. The largest absolute Gasteiger partial charge is 0.226 e. The average Bonchev–Trinajstić information content (AvgIpc) is 1.64. The molecule has 0 fully saturated rings. The van der Waals surface area contributed by atoms with Crippen LogP contribution in [0, 0.1) is 6.07 Å². The lowest BCUT2D eigenvalue weighted by Gasteiger charge is -1.84. The lowest BCUT2D eigenvalue weighted by molar-refractivity contribution is 1.16. The van der Waals surface area contributed by atoms with E-state index in [4.69, 9.17) is 23.2 Å². The van der Waals surface area contributed by atoms with Gasteiger partial charge in [0.2, 0.25) is 5.28 Å². The average molecular weight is 148 g/mol. The summed E-state index contributed by atoms with van der Waals surface area (Å²) in [5.74, 6) is 0. The molecule has 0 aliphatic carbocycles. The van der Waals surface area contributed by atoms with Crippen LogP contribution < -0.4 is 0 Å². The summed E-state index contributed by atoms with van der Waals surface area (Å²) >= 11 is 10.7. The summed E-state index contributed by atoms with van der Waals surface area (Å²) in [6.45, 7) is 0. The van der Waals surface area contributed by atoms with Crippen molar-refractivity contribution in [1.29, 1.82) is 0 Å². The second-order valence-electron chi connectivity index (χ2n) is 1.07. The fraction of sp³-hybridized carbons (Fsp3) is 0. The maximum atomic E-state index is 5.35. The standard InChI is InChI=1S/C4HCl2N2/c5-3-1-2-7-4(6)8-3/h2H. The zero-order valence-corrected chi connectivity index (χ0v) is 5.24. The molecule has 8 heavy (non-hydrogen) atoms. The second-order valence-corrected chi connectivity index (χ2v) is 1.77. The van der Waals surface area contributed by atoms with Crippen LogP contribution in [0.3, 0.4) is 0 Å². The van der Waals surface area contributed by atoms with Crippen LogP contribution in [0.2, 0.25) is 10.4 Å². The molecule has 1 rings (SSSR count). The highest BCUT2D eigenvalue weighted by molar-refractivity contribution is 6.31. The summed E-state index contributed by atoms with van der Waals surface area (Å²) in [4.78, 5) is 7.09. The normalized spacial score (nSPS) is 9.25. The summed E-state index contributed by atoms with van der Waals surface area (Å²) in [6, 6.07) is 2.53. The van der Waals surface area contributed by atoms with Crippen molar-refractivity contribution in [3.63, 3.8) is 0 Å². The Hall–Kier alpha value is -0.340. The fourth-order valence-electron chi connectivity index (χ4n) is 0.281. The molecule has 0 amide bonds. The Morgan fingerprint density at radius 1 is 1.50 bits per heavy atom. The highest BCUT2D eigenvalue weighted by atomic mass is 35.5. The van der Waals surface area contributed by atoms with Crippen LogP contribution in [-0.4, -0.2) is 9.97 Å². The first kappa shape index (κ1) is 5.79. The van der Waals surface area contributed by atoms with Gasteiger partial charge in [0.05, 0.1) is 0 Å². The van der Waals surface area contributed by atoms with Gasteiger partial charge < -0.3 is 0 Å². The molecule has 0 N–H and O–H groups in total. The Labute approximate surface area is 56.5 Å². The van der Waals surface area contributed by atoms with Gasteiger partial charge in [-0.15, -0.1) is 0 Å². The van der Waals surface area contributed by atoms with E-state index in [1.807, 2.05) is 0 Å². The van der Waals surface area contributed by atoms with Gasteiger partial charge in [-0.3, -0.25) is 0 Å². The van der Waals surface area contributed by atoms with Crippen molar-refractivity contribution in [2.24, 2.45) is 0 Å². The quantitative estimate of drug-likeness (QED) is 0.412. The fourth-order valence-corrected chi connectivity index (χ4v) is 0.586. The summed E-state index contributed by atoms with van der Waals surface area (Å²) in [6.07, 6.45) is 1.37. The molecule has 0 aliphatic rings. The SMILES string of the molecule is Clc1[c]cnc(Cl)n1. The predicted molar refractivity (Wildman–Crippen MR) is 30.9 cm³/mol. The first-order chi connectivity index (χ1) is 3.79. The third-order valence-corrected chi connectivity index (χ3v) is 0.921. The highest BCUT2D eigenvalue weighted by Crippen LogP contribution is 2.03. The molecule has 0 unspecified atom stereocenters. The first-order valence-corrected chi connectivity index (χ1v) is 2.60. The molecule has 0 saturated heterocycles. The molecule has 0 aromatic carbocycles. The summed E-state index contributed by atoms with van der Waals surface area (Å²) in [5, 5.41) is 0.388. The molecule has 0 atom stereocenters. The lowest BCUT2D eigenvalue weighted by atomic mass is 10.7. The molecule has 1 radical (unpaired) electrons. The van der Waals surface area contributed by atoms with E-state index in [1.165, 1.54) is 6.20 Å². The minimum Gasteiger partial charge on any atom is -0.226 e. The zero-order chi connectivity index (χ0) is 5.98. The van der Waals surface area contributed by atoms with Gasteiger partial charge in [0.1, 0.15) is 5.15 Å². The smallest absolute Gasteiger partial charge is 0.223 e. The number of hydrogen-bond acceptors (Lipinski definition) is 2. The molecule has 0 saturated carbocycles. The van der Waals surface area contributed by atoms with E-state index in [9.17, 15) is 0 Å². The van der Waals surface area contributed by atoms with Gasteiger partial charge in [-0.05, 0) is 11.6 Å². The van der Waals surface area contributed by atoms with Crippen LogP contribution in [0.4, 0.5) is 0 Å². The van der Waals surface area contributed by atoms with Gasteiger partial charge in [0, 0.05) is 12.3 Å². The van der Waals surface area contributed by atoms with E-state index in [0.29, 0.717) is 0 Å². The van der Waals surface area contributed by atoms with Crippen molar-refractivity contribution in [2.75, 3.05) is 0 Å². The van der Waals surface area contributed by atoms with E-state index in [2.05, 4.69) is 16.0 Å². The maximum absolute atomic E-state index is 5.35. The van der Waals surface area contributed by atoms with E-state index >= 15 is 0 Å². The van der Waals surface area contributed by atoms with Crippen molar-refractivity contribution in [2.45, 2.75) is 0 Å². The molecule has 1 heterocycles. The molecule has 0 aliphatic heterocycles. The van der Waals surface area contributed by atoms with Crippen LogP contribution in [-0.2, 0) is 0 Å². The van der Waals surface area contributed by atoms with Crippen LogP contribution in [0.1, 0.15) is 0 Å².